The average molecular weight is 526 g/mol. The van der Waals surface area contributed by atoms with Gasteiger partial charge in [0, 0.05) is 17.4 Å². The summed E-state index contributed by atoms with van der Waals surface area (Å²) in [7, 11) is 0. The van der Waals surface area contributed by atoms with Crippen molar-refractivity contribution in [1.29, 1.82) is 0 Å². The topological polar surface area (TPSA) is 88.6 Å². The third-order valence-corrected chi connectivity index (χ3v) is 7.12. The molecular formula is C30H27N3O4S. The molecule has 1 aliphatic rings. The fraction of sp³-hybridized carbons (Fsp3) is 0.200. The number of benzene rings is 3. The average Bonchev–Trinajstić information content (AvgIpc) is 3.51. The molecular weight excluding hydrogens is 498 g/mol. The van der Waals surface area contributed by atoms with Crippen LogP contribution >= 0.6 is 11.3 Å². The van der Waals surface area contributed by atoms with Crippen LogP contribution in [0.2, 0.25) is 0 Å². The van der Waals surface area contributed by atoms with Crippen LogP contribution in [0.1, 0.15) is 46.0 Å². The number of hydrogen-bond acceptors (Lipinski definition) is 6. The molecule has 192 valence electrons. The summed E-state index contributed by atoms with van der Waals surface area (Å²) in [6.45, 7) is 2.80. The highest BCUT2D eigenvalue weighted by atomic mass is 32.1. The lowest BCUT2D eigenvalue weighted by atomic mass is 10.0. The molecule has 0 spiro atoms. The minimum atomic E-state index is -1.03. The fourth-order valence-corrected chi connectivity index (χ4v) is 5.06. The Morgan fingerprint density at radius 3 is 2.26 bits per heavy atom. The van der Waals surface area contributed by atoms with Gasteiger partial charge in [0.05, 0.1) is 23.4 Å². The monoisotopic (exact) mass is 525 g/mol. The minimum absolute atomic E-state index is 0.190. The number of fused-ring (bicyclic) bond motifs is 1. The number of carbonyl (C=O) groups excluding carboxylic acids is 3. The molecule has 4 aromatic rings. The van der Waals surface area contributed by atoms with Crippen LogP contribution in [-0.4, -0.2) is 40.3 Å². The van der Waals surface area contributed by atoms with Crippen molar-refractivity contribution >= 4 is 34.2 Å². The summed E-state index contributed by atoms with van der Waals surface area (Å²) < 4.78 is 5.73. The molecule has 3 amide bonds. The van der Waals surface area contributed by atoms with Crippen LogP contribution in [0.15, 0.2) is 84.2 Å². The second-order valence-electron chi connectivity index (χ2n) is 8.98. The molecule has 0 fully saturated rings. The van der Waals surface area contributed by atoms with E-state index in [2.05, 4.69) is 17.2 Å². The molecule has 0 aliphatic carbocycles. The summed E-state index contributed by atoms with van der Waals surface area (Å²) in [6, 6.07) is 22.6. The van der Waals surface area contributed by atoms with E-state index in [-0.39, 0.29) is 6.42 Å². The third-order valence-electron chi connectivity index (χ3n) is 6.36. The maximum Gasteiger partial charge on any atom is 0.262 e. The molecule has 1 aromatic heterocycles. The highest BCUT2D eigenvalue weighted by Crippen LogP contribution is 2.29. The smallest absolute Gasteiger partial charge is 0.262 e. The van der Waals surface area contributed by atoms with Gasteiger partial charge in [0.25, 0.3) is 11.8 Å². The molecule has 2 heterocycles. The van der Waals surface area contributed by atoms with E-state index in [0.717, 1.165) is 34.6 Å². The van der Waals surface area contributed by atoms with Gasteiger partial charge >= 0.3 is 0 Å². The zero-order chi connectivity index (χ0) is 26.5. The third kappa shape index (κ3) is 5.35. The first kappa shape index (κ1) is 25.4. The second-order valence-corrected chi connectivity index (χ2v) is 9.84. The van der Waals surface area contributed by atoms with E-state index >= 15 is 0 Å². The Balaban J connectivity index is 1.35. The number of nitrogens with zero attached hydrogens (tertiary/aromatic N) is 2. The van der Waals surface area contributed by atoms with Crippen LogP contribution in [0.25, 0.3) is 11.3 Å². The van der Waals surface area contributed by atoms with Gasteiger partial charge in [-0.3, -0.25) is 19.3 Å². The number of thiazole rings is 1. The molecule has 1 aliphatic heterocycles. The number of anilines is 1. The van der Waals surface area contributed by atoms with Crippen LogP contribution in [0.3, 0.4) is 0 Å². The lowest BCUT2D eigenvalue weighted by Gasteiger charge is -2.25. The number of unbranched alkanes of at least 4 members (excludes halogenated alkanes) is 1. The molecule has 0 saturated carbocycles. The van der Waals surface area contributed by atoms with Gasteiger partial charge in [0.2, 0.25) is 5.91 Å². The van der Waals surface area contributed by atoms with E-state index < -0.39 is 23.8 Å². The van der Waals surface area contributed by atoms with E-state index in [4.69, 9.17) is 4.74 Å². The van der Waals surface area contributed by atoms with Crippen molar-refractivity contribution in [3.8, 4) is 17.0 Å². The Morgan fingerprint density at radius 2 is 1.61 bits per heavy atom. The Labute approximate surface area is 225 Å². The van der Waals surface area contributed by atoms with Crippen LogP contribution < -0.4 is 10.1 Å². The maximum atomic E-state index is 13.6. The van der Waals surface area contributed by atoms with E-state index in [9.17, 15) is 14.4 Å². The lowest BCUT2D eigenvalue weighted by Crippen LogP contribution is -2.48. The second kappa shape index (κ2) is 11.4. The number of hydrogen-bond donors (Lipinski definition) is 1. The van der Waals surface area contributed by atoms with Gasteiger partial charge in [-0.1, -0.05) is 55.8 Å². The van der Waals surface area contributed by atoms with E-state index in [1.807, 2.05) is 60.0 Å². The summed E-state index contributed by atoms with van der Waals surface area (Å²) in [5, 5.41) is 5.09. The predicted octanol–water partition coefficient (Wildman–Crippen LogP) is 5.84. The van der Waals surface area contributed by atoms with Crippen molar-refractivity contribution in [2.75, 3.05) is 11.9 Å². The van der Waals surface area contributed by atoms with E-state index in [1.54, 1.807) is 24.3 Å². The maximum absolute atomic E-state index is 13.6. The summed E-state index contributed by atoms with van der Waals surface area (Å²) >= 11 is 1.29. The molecule has 7 nitrogen and oxygen atoms in total. The number of nitrogens with one attached hydrogen (secondary N) is 1. The number of amides is 3. The van der Waals surface area contributed by atoms with Gasteiger partial charge in [-0.25, -0.2) is 4.98 Å². The minimum Gasteiger partial charge on any atom is -0.494 e. The number of imide groups is 1. The van der Waals surface area contributed by atoms with Crippen molar-refractivity contribution in [1.82, 2.24) is 9.88 Å². The van der Waals surface area contributed by atoms with Gasteiger partial charge in [-0.2, -0.15) is 0 Å². The normalized spacial score (nSPS) is 13.3. The molecule has 0 radical (unpaired) electrons. The largest absolute Gasteiger partial charge is 0.494 e. The highest BCUT2D eigenvalue weighted by molar-refractivity contribution is 7.14. The van der Waals surface area contributed by atoms with Gasteiger partial charge < -0.3 is 10.1 Å². The summed E-state index contributed by atoms with van der Waals surface area (Å²) in [5.74, 6) is -0.606. The quantitative estimate of drug-likeness (QED) is 0.208. The number of aromatic nitrogens is 1. The molecule has 8 heteroatoms. The van der Waals surface area contributed by atoms with Crippen molar-refractivity contribution in [2.24, 2.45) is 0 Å². The van der Waals surface area contributed by atoms with Gasteiger partial charge in [-0.05, 0) is 48.4 Å². The Bertz CT molecular complexity index is 1410. The molecule has 5 rings (SSSR count). The van der Waals surface area contributed by atoms with Gasteiger partial charge in [-0.15, -0.1) is 11.3 Å². The standard InChI is InChI=1S/C30H27N3O4S/c1-2-3-17-37-22-15-13-21(14-16-22)25-19-38-30(31-25)32-27(34)26(18-20-9-5-4-6-10-20)33-28(35)23-11-7-8-12-24(23)29(33)36/h4-16,19,26H,2-3,17-18H2,1H3,(H,31,32,34). The Hall–Kier alpha value is -4.30. The van der Waals surface area contributed by atoms with Crippen LogP contribution in [0.5, 0.6) is 5.75 Å². The number of rotatable bonds is 10. The van der Waals surface area contributed by atoms with Crippen molar-refractivity contribution < 1.29 is 19.1 Å². The molecule has 1 N–H and O–H groups in total. The predicted molar refractivity (Wildman–Crippen MR) is 147 cm³/mol. The first-order valence-corrected chi connectivity index (χ1v) is 13.4. The zero-order valence-corrected chi connectivity index (χ0v) is 21.7. The molecule has 1 atom stereocenters. The van der Waals surface area contributed by atoms with E-state index in [0.29, 0.717) is 28.6 Å². The number of ether oxygens (including phenoxy) is 1. The summed E-state index contributed by atoms with van der Waals surface area (Å²) in [5.41, 5.74) is 3.06. The first-order valence-electron chi connectivity index (χ1n) is 12.6. The summed E-state index contributed by atoms with van der Waals surface area (Å²) in [4.78, 5) is 45.6. The van der Waals surface area contributed by atoms with Gasteiger partial charge in [0.1, 0.15) is 11.8 Å². The SMILES string of the molecule is CCCCOc1ccc(-c2csc(NC(=O)C(Cc3ccccc3)N3C(=O)c4ccccc4C3=O)n2)cc1. The zero-order valence-electron chi connectivity index (χ0n) is 20.9. The molecule has 0 bridgehead atoms. The highest BCUT2D eigenvalue weighted by Gasteiger charge is 2.42. The van der Waals surface area contributed by atoms with Crippen LogP contribution in [0, 0.1) is 0 Å². The first-order chi connectivity index (χ1) is 18.5. The van der Waals surface area contributed by atoms with Crippen LogP contribution in [-0.2, 0) is 11.2 Å². The Morgan fingerprint density at radius 1 is 0.947 bits per heavy atom. The molecule has 3 aromatic carbocycles. The van der Waals surface area contributed by atoms with Crippen LogP contribution in [0.4, 0.5) is 5.13 Å². The van der Waals surface area contributed by atoms with E-state index in [1.165, 1.54) is 11.3 Å². The van der Waals surface area contributed by atoms with Gasteiger partial charge in [0.15, 0.2) is 5.13 Å². The lowest BCUT2D eigenvalue weighted by molar-refractivity contribution is -0.119. The fourth-order valence-electron chi connectivity index (χ4n) is 4.34. The summed E-state index contributed by atoms with van der Waals surface area (Å²) in [6.07, 6.45) is 2.27. The molecule has 0 saturated heterocycles. The van der Waals surface area contributed by atoms with Crippen molar-refractivity contribution in [3.05, 3.63) is 101 Å². The number of carbonyl (C=O) groups is 3. The van der Waals surface area contributed by atoms with Crippen molar-refractivity contribution in [3.63, 3.8) is 0 Å². The molecule has 1 unspecified atom stereocenters. The van der Waals surface area contributed by atoms with Crippen molar-refractivity contribution in [2.45, 2.75) is 32.2 Å². The Kier molecular flexibility index (Phi) is 7.60. The molecule has 38 heavy (non-hydrogen) atoms.